The first-order valence-electron chi connectivity index (χ1n) is 7.13. The molecular weight excluding hydrogens is 332 g/mol. The van der Waals surface area contributed by atoms with E-state index in [1.165, 1.54) is 12.1 Å². The van der Waals surface area contributed by atoms with E-state index in [1.54, 1.807) is 6.07 Å². The number of halogens is 2. The predicted molar refractivity (Wildman–Crippen MR) is 87.4 cm³/mol. The number of carbonyl (C=O) groups excluding carboxylic acids is 1. The van der Waals surface area contributed by atoms with Crippen molar-refractivity contribution < 1.29 is 13.6 Å². The number of aryl methyl sites for hydroxylation is 2. The highest BCUT2D eigenvalue weighted by molar-refractivity contribution is 8.00. The first-order valence-corrected chi connectivity index (χ1v) is 8.11. The highest BCUT2D eigenvalue weighted by Crippen LogP contribution is 2.23. The molecule has 1 amide bonds. The van der Waals surface area contributed by atoms with Crippen molar-refractivity contribution in [3.05, 3.63) is 58.3 Å². The lowest BCUT2D eigenvalue weighted by Crippen LogP contribution is -2.25. The molecule has 7 heteroatoms. The Kier molecular flexibility index (Phi) is 5.88. The Morgan fingerprint density at radius 1 is 1.38 bits per heavy atom. The summed E-state index contributed by atoms with van der Waals surface area (Å²) < 4.78 is 26.6. The summed E-state index contributed by atoms with van der Waals surface area (Å²) >= 11 is 1.14. The SMILES string of the molecule is Cc1cc(C)c(C#N)c(SCC(=O)NCc2cccc(F)c2F)n1. The molecule has 1 aromatic carbocycles. The molecule has 0 spiro atoms. The number of hydrogen-bond donors (Lipinski definition) is 1. The van der Waals surface area contributed by atoms with Gasteiger partial charge in [-0.1, -0.05) is 23.9 Å². The third-order valence-electron chi connectivity index (χ3n) is 3.27. The molecule has 0 aliphatic carbocycles. The van der Waals surface area contributed by atoms with Crippen molar-refractivity contribution in [1.82, 2.24) is 10.3 Å². The average molecular weight is 347 g/mol. The smallest absolute Gasteiger partial charge is 0.230 e. The van der Waals surface area contributed by atoms with Crippen LogP contribution in [0.1, 0.15) is 22.4 Å². The van der Waals surface area contributed by atoms with Crippen molar-refractivity contribution in [1.29, 1.82) is 5.26 Å². The maximum absolute atomic E-state index is 13.5. The van der Waals surface area contributed by atoms with Crippen LogP contribution in [-0.2, 0) is 11.3 Å². The van der Waals surface area contributed by atoms with Gasteiger partial charge in [0.25, 0.3) is 0 Å². The number of carbonyl (C=O) groups is 1. The molecule has 0 aliphatic heterocycles. The summed E-state index contributed by atoms with van der Waals surface area (Å²) in [7, 11) is 0. The number of nitrogens with one attached hydrogen (secondary N) is 1. The number of thioether (sulfide) groups is 1. The van der Waals surface area contributed by atoms with Crippen molar-refractivity contribution in [3.8, 4) is 6.07 Å². The van der Waals surface area contributed by atoms with Gasteiger partial charge < -0.3 is 5.32 Å². The lowest BCUT2D eigenvalue weighted by Gasteiger charge is -2.08. The summed E-state index contributed by atoms with van der Waals surface area (Å²) in [6.07, 6.45) is 0. The minimum atomic E-state index is -0.965. The maximum Gasteiger partial charge on any atom is 0.230 e. The van der Waals surface area contributed by atoms with Crippen molar-refractivity contribution >= 4 is 17.7 Å². The average Bonchev–Trinajstić information content (AvgIpc) is 2.54. The molecule has 0 saturated heterocycles. The van der Waals surface area contributed by atoms with Gasteiger partial charge in [-0.2, -0.15) is 5.26 Å². The van der Waals surface area contributed by atoms with Gasteiger partial charge in [-0.25, -0.2) is 13.8 Å². The molecule has 0 radical (unpaired) electrons. The van der Waals surface area contributed by atoms with Crippen LogP contribution < -0.4 is 5.32 Å². The van der Waals surface area contributed by atoms with Crippen LogP contribution in [0.4, 0.5) is 8.78 Å². The van der Waals surface area contributed by atoms with E-state index < -0.39 is 11.6 Å². The van der Waals surface area contributed by atoms with E-state index in [-0.39, 0.29) is 23.8 Å². The van der Waals surface area contributed by atoms with Gasteiger partial charge in [-0.05, 0) is 31.5 Å². The molecule has 0 bridgehead atoms. The van der Waals surface area contributed by atoms with Gasteiger partial charge in [0.1, 0.15) is 11.1 Å². The maximum atomic E-state index is 13.5. The number of hydrogen-bond acceptors (Lipinski definition) is 4. The van der Waals surface area contributed by atoms with Crippen LogP contribution in [0.25, 0.3) is 0 Å². The van der Waals surface area contributed by atoms with E-state index in [2.05, 4.69) is 16.4 Å². The fraction of sp³-hybridized carbons (Fsp3) is 0.235. The normalized spacial score (nSPS) is 10.3. The van der Waals surface area contributed by atoms with Gasteiger partial charge in [-0.15, -0.1) is 0 Å². The molecule has 0 fully saturated rings. The third-order valence-corrected chi connectivity index (χ3v) is 4.25. The van der Waals surface area contributed by atoms with Gasteiger partial charge >= 0.3 is 0 Å². The Morgan fingerprint density at radius 3 is 2.83 bits per heavy atom. The second kappa shape index (κ2) is 7.88. The highest BCUT2D eigenvalue weighted by Gasteiger charge is 2.12. The topological polar surface area (TPSA) is 65.8 Å². The van der Waals surface area contributed by atoms with Gasteiger partial charge in [0, 0.05) is 17.8 Å². The van der Waals surface area contributed by atoms with Crippen molar-refractivity contribution in [2.24, 2.45) is 0 Å². The van der Waals surface area contributed by atoms with E-state index in [1.807, 2.05) is 13.8 Å². The lowest BCUT2D eigenvalue weighted by molar-refractivity contribution is -0.118. The van der Waals surface area contributed by atoms with E-state index >= 15 is 0 Å². The zero-order valence-corrected chi connectivity index (χ0v) is 14.0. The van der Waals surface area contributed by atoms with Crippen LogP contribution in [-0.4, -0.2) is 16.6 Å². The van der Waals surface area contributed by atoms with E-state index in [0.717, 1.165) is 29.1 Å². The number of aromatic nitrogens is 1. The molecule has 0 aliphatic rings. The van der Waals surface area contributed by atoms with Gasteiger partial charge in [0.15, 0.2) is 11.6 Å². The van der Waals surface area contributed by atoms with Gasteiger partial charge in [0.2, 0.25) is 5.91 Å². The molecule has 124 valence electrons. The minimum absolute atomic E-state index is 0.0293. The van der Waals surface area contributed by atoms with Crippen molar-refractivity contribution in [3.63, 3.8) is 0 Å². The molecule has 0 saturated carbocycles. The first kappa shape index (κ1) is 17.9. The highest BCUT2D eigenvalue weighted by atomic mass is 32.2. The Hall–Kier alpha value is -2.46. The molecule has 2 rings (SSSR count). The lowest BCUT2D eigenvalue weighted by atomic mass is 10.1. The molecule has 4 nitrogen and oxygen atoms in total. The fourth-order valence-corrected chi connectivity index (χ4v) is 3.04. The second-order valence-corrected chi connectivity index (χ2v) is 6.11. The molecule has 1 heterocycles. The zero-order valence-electron chi connectivity index (χ0n) is 13.2. The largest absolute Gasteiger partial charge is 0.351 e. The predicted octanol–water partition coefficient (Wildman–Crippen LogP) is 3.26. The second-order valence-electron chi connectivity index (χ2n) is 5.15. The number of pyridine rings is 1. The molecule has 0 unspecified atom stereocenters. The first-order chi connectivity index (χ1) is 11.4. The fourth-order valence-electron chi connectivity index (χ4n) is 2.11. The zero-order chi connectivity index (χ0) is 17.7. The van der Waals surface area contributed by atoms with Crippen LogP contribution in [0, 0.1) is 36.8 Å². The number of rotatable bonds is 5. The third kappa shape index (κ3) is 4.30. The number of nitrogens with zero attached hydrogens (tertiary/aromatic N) is 2. The quantitative estimate of drug-likeness (QED) is 0.843. The molecule has 1 N–H and O–H groups in total. The molecule has 1 aromatic heterocycles. The van der Waals surface area contributed by atoms with Crippen LogP contribution in [0.15, 0.2) is 29.3 Å². The van der Waals surface area contributed by atoms with E-state index in [0.29, 0.717) is 10.6 Å². The molecular formula is C17H15F2N3OS. The number of amides is 1. The van der Waals surface area contributed by atoms with Crippen LogP contribution >= 0.6 is 11.8 Å². The Balaban J connectivity index is 1.97. The summed E-state index contributed by atoms with van der Waals surface area (Å²) in [5.41, 5.74) is 2.08. The molecule has 0 atom stereocenters. The Bertz CT molecular complexity index is 818. The Labute approximate surface area is 142 Å². The van der Waals surface area contributed by atoms with Crippen LogP contribution in [0.2, 0.25) is 0 Å². The number of nitriles is 1. The summed E-state index contributed by atoms with van der Waals surface area (Å²) in [6.45, 7) is 3.52. The summed E-state index contributed by atoms with van der Waals surface area (Å²) in [4.78, 5) is 16.2. The summed E-state index contributed by atoms with van der Waals surface area (Å²) in [5.74, 6) is -2.24. The summed E-state index contributed by atoms with van der Waals surface area (Å²) in [5, 5.41) is 12.2. The van der Waals surface area contributed by atoms with Crippen molar-refractivity contribution in [2.75, 3.05) is 5.75 Å². The molecule has 2 aromatic rings. The van der Waals surface area contributed by atoms with Crippen LogP contribution in [0.3, 0.4) is 0 Å². The van der Waals surface area contributed by atoms with Crippen molar-refractivity contribution in [2.45, 2.75) is 25.4 Å². The van der Waals surface area contributed by atoms with Gasteiger partial charge in [-0.3, -0.25) is 4.79 Å². The number of benzene rings is 1. The molecule has 24 heavy (non-hydrogen) atoms. The van der Waals surface area contributed by atoms with E-state index in [9.17, 15) is 18.8 Å². The standard InChI is InChI=1S/C17H15F2N3OS/c1-10-6-11(2)22-17(13(10)7-20)24-9-15(23)21-8-12-4-3-5-14(18)16(12)19/h3-6H,8-9H2,1-2H3,(H,21,23). The van der Waals surface area contributed by atoms with Gasteiger partial charge in [0.05, 0.1) is 11.3 Å². The summed E-state index contributed by atoms with van der Waals surface area (Å²) in [6, 6.07) is 7.69. The monoisotopic (exact) mass is 347 g/mol. The van der Waals surface area contributed by atoms with E-state index in [4.69, 9.17) is 0 Å². The minimum Gasteiger partial charge on any atom is -0.351 e. The Morgan fingerprint density at radius 2 is 2.12 bits per heavy atom. The van der Waals surface area contributed by atoms with Crippen LogP contribution in [0.5, 0.6) is 0 Å².